The number of pyridine rings is 1. The van der Waals surface area contributed by atoms with Crippen LogP contribution in [0.4, 0.5) is 19.0 Å². The highest BCUT2D eigenvalue weighted by atomic mass is 19.4. The molecule has 0 atom stereocenters. The number of carbonyl (C=O) groups is 1. The molecule has 1 aliphatic rings. The number of aryl methyl sites for hydroxylation is 1. The maximum absolute atomic E-state index is 12.9. The molecule has 6 heteroatoms. The van der Waals surface area contributed by atoms with Gasteiger partial charge in [0.15, 0.2) is 0 Å². The van der Waals surface area contributed by atoms with E-state index >= 15 is 0 Å². The number of rotatable bonds is 3. The first-order valence-corrected chi connectivity index (χ1v) is 7.30. The van der Waals surface area contributed by atoms with E-state index in [9.17, 15) is 18.0 Å². The molecular formula is C17H15F3N2O. The summed E-state index contributed by atoms with van der Waals surface area (Å²) in [6, 6.07) is 6.76. The Balaban J connectivity index is 2.01. The predicted octanol–water partition coefficient (Wildman–Crippen LogP) is 4.42. The molecule has 0 saturated heterocycles. The molecule has 23 heavy (non-hydrogen) atoms. The molecule has 1 N–H and O–H groups in total. The fourth-order valence-electron chi connectivity index (χ4n) is 2.32. The van der Waals surface area contributed by atoms with Crippen molar-refractivity contribution in [2.45, 2.75) is 25.9 Å². The van der Waals surface area contributed by atoms with Gasteiger partial charge in [0.05, 0.1) is 5.56 Å². The number of halogens is 3. The molecule has 120 valence electrons. The second-order valence-electron chi connectivity index (χ2n) is 5.75. The number of hydrogen-bond acceptors (Lipinski definition) is 2. The Morgan fingerprint density at radius 1 is 1.26 bits per heavy atom. The van der Waals surface area contributed by atoms with Gasteiger partial charge in [-0.25, -0.2) is 4.98 Å². The first-order chi connectivity index (χ1) is 10.8. The normalized spacial score (nSPS) is 14.6. The van der Waals surface area contributed by atoms with Gasteiger partial charge >= 0.3 is 6.18 Å². The maximum atomic E-state index is 12.9. The molecule has 2 aromatic rings. The van der Waals surface area contributed by atoms with Gasteiger partial charge in [-0.15, -0.1) is 0 Å². The van der Waals surface area contributed by atoms with Crippen molar-refractivity contribution in [1.29, 1.82) is 0 Å². The predicted molar refractivity (Wildman–Crippen MR) is 80.8 cm³/mol. The third kappa shape index (κ3) is 3.52. The fourth-order valence-corrected chi connectivity index (χ4v) is 2.32. The van der Waals surface area contributed by atoms with Crippen LogP contribution in [-0.4, -0.2) is 10.9 Å². The summed E-state index contributed by atoms with van der Waals surface area (Å²) in [5, 5.41) is 2.73. The molecule has 0 aliphatic heterocycles. The van der Waals surface area contributed by atoms with Gasteiger partial charge in [0.2, 0.25) is 5.91 Å². The Morgan fingerprint density at radius 3 is 2.65 bits per heavy atom. The number of benzene rings is 1. The lowest BCUT2D eigenvalue weighted by Gasteiger charge is -2.13. The number of nitrogens with one attached hydrogen (secondary N) is 1. The van der Waals surface area contributed by atoms with Crippen LogP contribution in [0.3, 0.4) is 0 Å². The van der Waals surface area contributed by atoms with Gasteiger partial charge < -0.3 is 5.32 Å². The smallest absolute Gasteiger partial charge is 0.310 e. The largest absolute Gasteiger partial charge is 0.416 e. The van der Waals surface area contributed by atoms with Crippen LogP contribution in [0.25, 0.3) is 11.1 Å². The zero-order chi connectivity index (χ0) is 16.6. The minimum absolute atomic E-state index is 0.00698. The van der Waals surface area contributed by atoms with Crippen molar-refractivity contribution in [2.24, 2.45) is 5.92 Å². The fraction of sp³-hybridized carbons (Fsp3) is 0.294. The summed E-state index contributed by atoms with van der Waals surface area (Å²) >= 11 is 0. The van der Waals surface area contributed by atoms with Crippen LogP contribution in [0.5, 0.6) is 0 Å². The van der Waals surface area contributed by atoms with Crippen molar-refractivity contribution in [3.63, 3.8) is 0 Å². The first-order valence-electron chi connectivity index (χ1n) is 7.30. The van der Waals surface area contributed by atoms with E-state index in [2.05, 4.69) is 10.3 Å². The third-order valence-electron chi connectivity index (χ3n) is 3.72. The first kappa shape index (κ1) is 15.5. The zero-order valence-corrected chi connectivity index (χ0v) is 12.4. The Kier molecular flexibility index (Phi) is 3.83. The summed E-state index contributed by atoms with van der Waals surface area (Å²) in [4.78, 5) is 16.1. The number of nitrogens with zero attached hydrogens (tertiary/aromatic N) is 1. The molecular weight excluding hydrogens is 305 g/mol. The van der Waals surface area contributed by atoms with Crippen LogP contribution >= 0.6 is 0 Å². The molecule has 1 saturated carbocycles. The Bertz CT molecular complexity index is 752. The summed E-state index contributed by atoms with van der Waals surface area (Å²) in [7, 11) is 0. The van der Waals surface area contributed by atoms with Crippen molar-refractivity contribution < 1.29 is 18.0 Å². The number of hydrogen-bond donors (Lipinski definition) is 1. The highest BCUT2D eigenvalue weighted by Crippen LogP contribution is 2.35. The number of anilines is 1. The van der Waals surface area contributed by atoms with Crippen LogP contribution in [0.1, 0.15) is 24.0 Å². The minimum Gasteiger partial charge on any atom is -0.310 e. The van der Waals surface area contributed by atoms with Gasteiger partial charge in [-0.3, -0.25) is 4.79 Å². The molecule has 1 heterocycles. The Morgan fingerprint density at radius 2 is 2.00 bits per heavy atom. The molecule has 1 aromatic carbocycles. The van der Waals surface area contributed by atoms with Crippen molar-refractivity contribution in [1.82, 2.24) is 4.98 Å². The summed E-state index contributed by atoms with van der Waals surface area (Å²) in [5.41, 5.74) is 0.949. The number of amides is 1. The summed E-state index contributed by atoms with van der Waals surface area (Å²) < 4.78 is 38.7. The second-order valence-corrected chi connectivity index (χ2v) is 5.75. The van der Waals surface area contributed by atoms with Crippen LogP contribution < -0.4 is 5.32 Å². The Labute approximate surface area is 131 Å². The molecule has 0 unspecified atom stereocenters. The topological polar surface area (TPSA) is 42.0 Å². The van der Waals surface area contributed by atoms with Crippen molar-refractivity contribution in [2.75, 3.05) is 5.32 Å². The van der Waals surface area contributed by atoms with Gasteiger partial charge in [-0.1, -0.05) is 12.1 Å². The lowest BCUT2D eigenvalue weighted by atomic mass is 10.0. The van der Waals surface area contributed by atoms with Crippen LogP contribution in [-0.2, 0) is 11.0 Å². The van der Waals surface area contributed by atoms with Gasteiger partial charge in [0.1, 0.15) is 5.82 Å². The van der Waals surface area contributed by atoms with Gasteiger partial charge in [-0.2, -0.15) is 13.2 Å². The number of aromatic nitrogens is 1. The van der Waals surface area contributed by atoms with Crippen LogP contribution in [0.15, 0.2) is 36.5 Å². The van der Waals surface area contributed by atoms with Crippen LogP contribution in [0, 0.1) is 12.8 Å². The minimum atomic E-state index is -4.41. The van der Waals surface area contributed by atoms with E-state index in [-0.39, 0.29) is 11.8 Å². The molecule has 0 radical (unpaired) electrons. The molecule has 1 fully saturated rings. The number of alkyl halides is 3. The van der Waals surface area contributed by atoms with E-state index in [4.69, 9.17) is 0 Å². The summed E-state index contributed by atoms with van der Waals surface area (Å²) in [6.45, 7) is 1.80. The summed E-state index contributed by atoms with van der Waals surface area (Å²) in [6.07, 6.45) is -1.14. The van der Waals surface area contributed by atoms with Crippen molar-refractivity contribution >= 4 is 11.7 Å². The molecule has 1 amide bonds. The third-order valence-corrected chi connectivity index (χ3v) is 3.72. The molecule has 1 aromatic heterocycles. The quantitative estimate of drug-likeness (QED) is 0.909. The molecule has 0 bridgehead atoms. The SMILES string of the molecule is Cc1cnc(NC(=O)C2CC2)c(-c2cccc(C(F)(F)F)c2)c1. The van der Waals surface area contributed by atoms with Crippen molar-refractivity contribution in [3.05, 3.63) is 47.7 Å². The van der Waals surface area contributed by atoms with Crippen molar-refractivity contribution in [3.8, 4) is 11.1 Å². The van der Waals surface area contributed by atoms with Gasteiger partial charge in [0.25, 0.3) is 0 Å². The average Bonchev–Trinajstić information content (AvgIpc) is 3.33. The van der Waals surface area contributed by atoms with E-state index in [0.29, 0.717) is 16.9 Å². The summed E-state index contributed by atoms with van der Waals surface area (Å²) in [5.74, 6) is 0.161. The molecule has 3 rings (SSSR count). The lowest BCUT2D eigenvalue weighted by molar-refractivity contribution is -0.137. The van der Waals surface area contributed by atoms with E-state index in [0.717, 1.165) is 30.5 Å². The maximum Gasteiger partial charge on any atom is 0.416 e. The molecule has 3 nitrogen and oxygen atoms in total. The highest BCUT2D eigenvalue weighted by molar-refractivity contribution is 5.96. The zero-order valence-electron chi connectivity index (χ0n) is 12.4. The average molecular weight is 320 g/mol. The van der Waals surface area contributed by atoms with Crippen LogP contribution in [0.2, 0.25) is 0 Å². The van der Waals surface area contributed by atoms with E-state index in [1.54, 1.807) is 25.3 Å². The second kappa shape index (κ2) is 5.68. The van der Waals surface area contributed by atoms with E-state index < -0.39 is 11.7 Å². The van der Waals surface area contributed by atoms with E-state index in [1.807, 2.05) is 0 Å². The molecule has 1 aliphatic carbocycles. The highest BCUT2D eigenvalue weighted by Gasteiger charge is 2.32. The monoisotopic (exact) mass is 320 g/mol. The van der Waals surface area contributed by atoms with E-state index in [1.165, 1.54) is 6.07 Å². The number of carbonyl (C=O) groups excluding carboxylic acids is 1. The molecule has 0 spiro atoms. The standard InChI is InChI=1S/C17H15F3N2O/c1-10-7-14(12-3-2-4-13(8-12)17(18,19)20)15(21-9-10)22-16(23)11-5-6-11/h2-4,7-9,11H,5-6H2,1H3,(H,21,22,23). The van der Waals surface area contributed by atoms with Gasteiger partial charge in [0, 0.05) is 17.7 Å². The van der Waals surface area contributed by atoms with Gasteiger partial charge in [-0.05, 0) is 49.1 Å². The lowest BCUT2D eigenvalue weighted by Crippen LogP contribution is -2.15. The Hall–Kier alpha value is -2.37.